The Hall–Kier alpha value is -1.93. The van der Waals surface area contributed by atoms with Gasteiger partial charge in [-0.05, 0) is 44.8 Å². The number of nitrogens with one attached hydrogen (secondary N) is 2. The van der Waals surface area contributed by atoms with E-state index >= 15 is 0 Å². The molecular formula is C17H16Cl2N4O2S. The molecule has 0 atom stereocenters. The summed E-state index contributed by atoms with van der Waals surface area (Å²) in [5.41, 5.74) is 0.752. The largest absolute Gasteiger partial charge is 0.320 e. The third-order valence-corrected chi connectivity index (χ3v) is 5.45. The van der Waals surface area contributed by atoms with E-state index in [1.165, 1.54) is 11.3 Å². The molecule has 0 saturated carbocycles. The topological polar surface area (TPSA) is 78.1 Å². The quantitative estimate of drug-likeness (QED) is 0.683. The van der Waals surface area contributed by atoms with Crippen molar-refractivity contribution >= 4 is 56.3 Å². The number of amides is 1. The highest BCUT2D eigenvalue weighted by Gasteiger charge is 2.20. The molecule has 1 aromatic carbocycles. The van der Waals surface area contributed by atoms with Crippen LogP contribution >= 0.6 is 34.5 Å². The molecule has 136 valence electrons. The predicted molar refractivity (Wildman–Crippen MR) is 107 cm³/mol. The zero-order chi connectivity index (χ0) is 19.0. The van der Waals surface area contributed by atoms with Crippen LogP contribution in [0.2, 0.25) is 10.0 Å². The predicted octanol–water partition coefficient (Wildman–Crippen LogP) is 3.91. The van der Waals surface area contributed by atoms with Crippen LogP contribution in [-0.2, 0) is 6.54 Å². The van der Waals surface area contributed by atoms with Crippen LogP contribution in [0.3, 0.4) is 0 Å². The Bertz CT molecular complexity index is 1060. The maximum atomic E-state index is 12.7. The molecule has 0 radical (unpaired) electrons. The number of thiophene rings is 1. The van der Waals surface area contributed by atoms with Gasteiger partial charge in [-0.3, -0.25) is 9.59 Å². The summed E-state index contributed by atoms with van der Waals surface area (Å²) in [5.74, 6) is 0.196. The molecule has 3 rings (SSSR count). The summed E-state index contributed by atoms with van der Waals surface area (Å²) in [7, 11) is 3.77. The summed E-state index contributed by atoms with van der Waals surface area (Å²) < 4.78 is 0. The highest BCUT2D eigenvalue weighted by atomic mass is 35.5. The second-order valence-electron chi connectivity index (χ2n) is 6.07. The Morgan fingerprint density at radius 3 is 2.77 bits per heavy atom. The van der Waals surface area contributed by atoms with Gasteiger partial charge in [0.2, 0.25) is 0 Å². The van der Waals surface area contributed by atoms with Crippen molar-refractivity contribution in [1.29, 1.82) is 0 Å². The van der Waals surface area contributed by atoms with E-state index in [1.807, 2.05) is 19.0 Å². The van der Waals surface area contributed by atoms with Crippen LogP contribution in [0.25, 0.3) is 10.2 Å². The fourth-order valence-electron chi connectivity index (χ4n) is 2.55. The molecule has 2 N–H and O–H groups in total. The zero-order valence-corrected chi connectivity index (χ0v) is 16.6. The van der Waals surface area contributed by atoms with Crippen LogP contribution in [0.1, 0.15) is 21.1 Å². The van der Waals surface area contributed by atoms with Crippen molar-refractivity contribution in [1.82, 2.24) is 14.9 Å². The van der Waals surface area contributed by atoms with Crippen LogP contribution < -0.4 is 10.9 Å². The van der Waals surface area contributed by atoms with E-state index in [4.69, 9.17) is 23.2 Å². The Kier molecular flexibility index (Phi) is 5.34. The minimum Gasteiger partial charge on any atom is -0.320 e. The van der Waals surface area contributed by atoms with Crippen LogP contribution in [0.15, 0.2) is 23.0 Å². The highest BCUT2D eigenvalue weighted by molar-refractivity contribution is 7.20. The molecule has 2 aromatic heterocycles. The molecule has 0 bridgehead atoms. The van der Waals surface area contributed by atoms with E-state index < -0.39 is 0 Å². The molecule has 3 aromatic rings. The van der Waals surface area contributed by atoms with Crippen molar-refractivity contribution in [3.63, 3.8) is 0 Å². The highest BCUT2D eigenvalue weighted by Crippen LogP contribution is 2.30. The minimum absolute atomic E-state index is 0.250. The molecular weight excluding hydrogens is 395 g/mol. The Morgan fingerprint density at radius 1 is 1.35 bits per heavy atom. The number of aromatic nitrogens is 2. The number of rotatable bonds is 4. The van der Waals surface area contributed by atoms with Gasteiger partial charge in [-0.1, -0.05) is 23.2 Å². The lowest BCUT2D eigenvalue weighted by Crippen LogP contribution is -2.18. The number of anilines is 1. The van der Waals surface area contributed by atoms with E-state index in [9.17, 15) is 9.59 Å². The number of aromatic amines is 1. The number of carbonyl (C=O) groups is 1. The van der Waals surface area contributed by atoms with Gasteiger partial charge < -0.3 is 15.2 Å². The first kappa shape index (κ1) is 18.8. The minimum atomic E-state index is -0.358. The van der Waals surface area contributed by atoms with E-state index in [2.05, 4.69) is 15.3 Å². The number of fused-ring (bicyclic) bond motifs is 1. The first-order valence-corrected chi connectivity index (χ1v) is 9.27. The first-order valence-electron chi connectivity index (χ1n) is 7.69. The van der Waals surface area contributed by atoms with Gasteiger partial charge in [0.25, 0.3) is 11.5 Å². The normalized spacial score (nSPS) is 11.3. The van der Waals surface area contributed by atoms with Gasteiger partial charge in [0, 0.05) is 5.02 Å². The van der Waals surface area contributed by atoms with Gasteiger partial charge in [0.05, 0.1) is 27.5 Å². The summed E-state index contributed by atoms with van der Waals surface area (Å²) in [6, 6.07) is 4.82. The molecule has 0 spiro atoms. The summed E-state index contributed by atoms with van der Waals surface area (Å²) in [6.45, 7) is 2.23. The van der Waals surface area contributed by atoms with Gasteiger partial charge in [0.15, 0.2) is 0 Å². The molecule has 26 heavy (non-hydrogen) atoms. The van der Waals surface area contributed by atoms with E-state index in [0.29, 0.717) is 48.8 Å². The molecule has 9 heteroatoms. The molecule has 0 aliphatic carbocycles. The first-order chi connectivity index (χ1) is 12.3. The standard InChI is InChI=1S/C17H16Cl2N4O2S/c1-8-13-15(24)21-12(7-23(2)3)22-17(13)26-14(8)16(25)20-11-6-9(18)4-5-10(11)19/h4-6H,7H2,1-3H3,(H,20,25)(H,21,22,24). The summed E-state index contributed by atoms with van der Waals surface area (Å²) in [5, 5.41) is 4.02. The van der Waals surface area contributed by atoms with Crippen molar-refractivity contribution in [2.45, 2.75) is 13.5 Å². The Balaban J connectivity index is 2.01. The summed E-state index contributed by atoms with van der Waals surface area (Å²) in [6.07, 6.45) is 0. The number of hydrogen-bond donors (Lipinski definition) is 2. The number of benzene rings is 1. The maximum Gasteiger partial charge on any atom is 0.266 e. The van der Waals surface area contributed by atoms with E-state index in [-0.39, 0.29) is 11.5 Å². The number of aryl methyl sites for hydroxylation is 1. The monoisotopic (exact) mass is 410 g/mol. The second kappa shape index (κ2) is 7.36. The van der Waals surface area contributed by atoms with Gasteiger partial charge in [-0.15, -0.1) is 11.3 Å². The van der Waals surface area contributed by atoms with Crippen LogP contribution in [0, 0.1) is 6.92 Å². The number of carbonyl (C=O) groups excluding carboxylic acids is 1. The van der Waals surface area contributed by atoms with Crippen molar-refractivity contribution in [2.75, 3.05) is 19.4 Å². The van der Waals surface area contributed by atoms with Crippen molar-refractivity contribution in [3.05, 3.63) is 54.9 Å². The third kappa shape index (κ3) is 3.76. The third-order valence-electron chi connectivity index (χ3n) is 3.70. The Labute approximate surface area is 163 Å². The van der Waals surface area contributed by atoms with Gasteiger partial charge in [-0.2, -0.15) is 0 Å². The van der Waals surface area contributed by atoms with Crippen molar-refractivity contribution in [3.8, 4) is 0 Å². The Morgan fingerprint density at radius 2 is 2.08 bits per heavy atom. The SMILES string of the molecule is Cc1c(C(=O)Nc2cc(Cl)ccc2Cl)sc2nc(CN(C)C)[nH]c(=O)c12. The molecule has 6 nitrogen and oxygen atoms in total. The molecule has 0 saturated heterocycles. The fourth-order valence-corrected chi connectivity index (χ4v) is 3.98. The van der Waals surface area contributed by atoms with Gasteiger partial charge >= 0.3 is 0 Å². The van der Waals surface area contributed by atoms with Crippen molar-refractivity contribution in [2.24, 2.45) is 0 Å². The average Bonchev–Trinajstić information content (AvgIpc) is 2.87. The lowest BCUT2D eigenvalue weighted by molar-refractivity contribution is 0.103. The molecule has 0 unspecified atom stereocenters. The van der Waals surface area contributed by atoms with Gasteiger partial charge in [0.1, 0.15) is 10.7 Å². The molecule has 0 aliphatic heterocycles. The van der Waals surface area contributed by atoms with Crippen LogP contribution in [0.5, 0.6) is 0 Å². The number of hydrogen-bond acceptors (Lipinski definition) is 5. The summed E-state index contributed by atoms with van der Waals surface area (Å²) >= 11 is 13.2. The van der Waals surface area contributed by atoms with Crippen LogP contribution in [-0.4, -0.2) is 34.9 Å². The number of H-pyrrole nitrogens is 1. The lowest BCUT2D eigenvalue weighted by atomic mass is 10.2. The number of nitrogens with zero attached hydrogens (tertiary/aromatic N) is 2. The molecule has 1 amide bonds. The van der Waals surface area contributed by atoms with Gasteiger partial charge in [-0.25, -0.2) is 4.98 Å². The van der Waals surface area contributed by atoms with Crippen molar-refractivity contribution < 1.29 is 4.79 Å². The second-order valence-corrected chi connectivity index (χ2v) is 7.91. The van der Waals surface area contributed by atoms with Crippen LogP contribution in [0.4, 0.5) is 5.69 Å². The molecule has 2 heterocycles. The fraction of sp³-hybridized carbons (Fsp3) is 0.235. The van der Waals surface area contributed by atoms with E-state index in [0.717, 1.165) is 0 Å². The number of halogens is 2. The lowest BCUT2D eigenvalue weighted by Gasteiger charge is -2.07. The maximum absolute atomic E-state index is 12.7. The smallest absolute Gasteiger partial charge is 0.266 e. The molecule has 0 aliphatic rings. The molecule has 0 fully saturated rings. The van der Waals surface area contributed by atoms with E-state index in [1.54, 1.807) is 25.1 Å². The average molecular weight is 411 g/mol. The zero-order valence-electron chi connectivity index (χ0n) is 14.3. The summed E-state index contributed by atoms with van der Waals surface area (Å²) in [4.78, 5) is 35.2.